The first-order valence-corrected chi connectivity index (χ1v) is 6.96. The highest BCUT2D eigenvalue weighted by atomic mass is 16.1. The van der Waals surface area contributed by atoms with Crippen molar-refractivity contribution in [1.29, 1.82) is 0 Å². The second kappa shape index (κ2) is 4.76. The Morgan fingerprint density at radius 3 is 2.68 bits per heavy atom. The van der Waals surface area contributed by atoms with Gasteiger partial charge in [0.2, 0.25) is 0 Å². The molecule has 0 saturated heterocycles. The summed E-state index contributed by atoms with van der Waals surface area (Å²) in [7, 11) is 0. The zero-order chi connectivity index (χ0) is 13.4. The van der Waals surface area contributed by atoms with Gasteiger partial charge in [0.05, 0.1) is 23.5 Å². The predicted molar refractivity (Wildman–Crippen MR) is 73.0 cm³/mol. The lowest BCUT2D eigenvalue weighted by Crippen LogP contribution is -2.26. The van der Waals surface area contributed by atoms with Crippen LogP contribution in [0.5, 0.6) is 0 Å². The molecule has 2 aromatic heterocycles. The molecule has 0 aromatic carbocycles. The van der Waals surface area contributed by atoms with E-state index in [1.165, 1.54) is 6.42 Å². The summed E-state index contributed by atoms with van der Waals surface area (Å²) < 4.78 is 1.72. The van der Waals surface area contributed by atoms with Crippen LogP contribution in [0.4, 0.5) is 0 Å². The van der Waals surface area contributed by atoms with Gasteiger partial charge >= 0.3 is 0 Å². The number of hydrogen-bond donors (Lipinski definition) is 0. The van der Waals surface area contributed by atoms with Crippen molar-refractivity contribution in [2.24, 2.45) is 17.8 Å². The summed E-state index contributed by atoms with van der Waals surface area (Å²) in [5.41, 5.74) is 1.54. The third-order valence-corrected chi connectivity index (χ3v) is 4.14. The Kier molecular flexibility index (Phi) is 3.09. The third kappa shape index (κ3) is 2.27. The van der Waals surface area contributed by atoms with Crippen LogP contribution in [-0.4, -0.2) is 20.4 Å². The van der Waals surface area contributed by atoms with E-state index in [-0.39, 0.29) is 11.7 Å². The maximum Gasteiger partial charge on any atom is 0.169 e. The van der Waals surface area contributed by atoms with Gasteiger partial charge in [-0.3, -0.25) is 9.78 Å². The minimum Gasteiger partial charge on any atom is -0.294 e. The summed E-state index contributed by atoms with van der Waals surface area (Å²) >= 11 is 0. The van der Waals surface area contributed by atoms with Gasteiger partial charge in [-0.05, 0) is 31.1 Å². The van der Waals surface area contributed by atoms with Gasteiger partial charge in [0.15, 0.2) is 5.78 Å². The normalized spacial score (nSPS) is 27.6. The van der Waals surface area contributed by atoms with Gasteiger partial charge in [-0.1, -0.05) is 13.8 Å². The Morgan fingerprint density at radius 1 is 1.21 bits per heavy atom. The third-order valence-electron chi connectivity index (χ3n) is 4.14. The molecule has 2 heterocycles. The molecule has 2 aromatic rings. The summed E-state index contributed by atoms with van der Waals surface area (Å²) in [6.45, 7) is 4.49. The molecule has 0 amide bonds. The molecule has 4 nitrogen and oxygen atoms in total. The van der Waals surface area contributed by atoms with Crippen molar-refractivity contribution in [3.8, 4) is 0 Å². The van der Waals surface area contributed by atoms with E-state index in [9.17, 15) is 4.79 Å². The van der Waals surface area contributed by atoms with Crippen molar-refractivity contribution in [2.45, 2.75) is 33.1 Å². The molecular formula is C15H19N3O. The number of Topliss-reactive ketones (excluding diaryl/α,β-unsaturated/α-hetero) is 1. The second-order valence-corrected chi connectivity index (χ2v) is 5.94. The monoisotopic (exact) mass is 257 g/mol. The highest BCUT2D eigenvalue weighted by Crippen LogP contribution is 2.35. The molecule has 0 radical (unpaired) electrons. The van der Waals surface area contributed by atoms with E-state index in [1.807, 2.05) is 0 Å². The van der Waals surface area contributed by atoms with Crippen molar-refractivity contribution in [1.82, 2.24) is 14.6 Å². The standard InChI is InChI=1S/C15H19N3O/c1-10-5-11(2)7-12(6-10)15(19)13-8-17-18-4-3-16-9-14(13)18/h3-4,8-12H,5-7H2,1-2H3. The van der Waals surface area contributed by atoms with Crippen LogP contribution in [0.2, 0.25) is 0 Å². The van der Waals surface area contributed by atoms with Crippen LogP contribution in [0.3, 0.4) is 0 Å². The lowest BCUT2D eigenvalue weighted by atomic mass is 9.74. The van der Waals surface area contributed by atoms with Gasteiger partial charge in [0, 0.05) is 18.3 Å². The van der Waals surface area contributed by atoms with E-state index in [0.717, 1.165) is 23.9 Å². The highest BCUT2D eigenvalue weighted by molar-refractivity contribution is 6.03. The summed E-state index contributed by atoms with van der Waals surface area (Å²) in [5, 5.41) is 4.23. The Bertz CT molecular complexity index is 594. The largest absolute Gasteiger partial charge is 0.294 e. The summed E-state index contributed by atoms with van der Waals surface area (Å²) in [6.07, 6.45) is 10.1. The predicted octanol–water partition coefficient (Wildman–Crippen LogP) is 2.98. The number of nitrogens with zero attached hydrogens (tertiary/aromatic N) is 3. The van der Waals surface area contributed by atoms with Crippen LogP contribution >= 0.6 is 0 Å². The molecule has 0 N–H and O–H groups in total. The Labute approximate surface area is 112 Å². The lowest BCUT2D eigenvalue weighted by Gasteiger charge is -2.30. The molecule has 19 heavy (non-hydrogen) atoms. The molecule has 1 aliphatic carbocycles. The van der Waals surface area contributed by atoms with Crippen molar-refractivity contribution in [3.63, 3.8) is 0 Å². The molecule has 1 aliphatic rings. The van der Waals surface area contributed by atoms with Crippen molar-refractivity contribution in [3.05, 3.63) is 30.4 Å². The average Bonchev–Trinajstić information content (AvgIpc) is 2.80. The van der Waals surface area contributed by atoms with Gasteiger partial charge in [0.25, 0.3) is 0 Å². The first-order valence-electron chi connectivity index (χ1n) is 6.96. The summed E-state index contributed by atoms with van der Waals surface area (Å²) in [5.74, 6) is 1.66. The van der Waals surface area contributed by atoms with Crippen LogP contribution in [0.1, 0.15) is 43.5 Å². The topological polar surface area (TPSA) is 47.3 Å². The van der Waals surface area contributed by atoms with Crippen LogP contribution in [-0.2, 0) is 0 Å². The van der Waals surface area contributed by atoms with Crippen LogP contribution in [0, 0.1) is 17.8 Å². The number of carbonyl (C=O) groups is 1. The van der Waals surface area contributed by atoms with E-state index in [0.29, 0.717) is 11.8 Å². The van der Waals surface area contributed by atoms with Gasteiger partial charge in [-0.2, -0.15) is 5.10 Å². The average molecular weight is 257 g/mol. The molecule has 1 saturated carbocycles. The Hall–Kier alpha value is -1.71. The lowest BCUT2D eigenvalue weighted by molar-refractivity contribution is 0.0838. The van der Waals surface area contributed by atoms with E-state index < -0.39 is 0 Å². The molecule has 2 atom stereocenters. The van der Waals surface area contributed by atoms with Crippen molar-refractivity contribution >= 4 is 11.3 Å². The van der Waals surface area contributed by atoms with E-state index in [1.54, 1.807) is 29.3 Å². The number of rotatable bonds is 2. The van der Waals surface area contributed by atoms with Gasteiger partial charge in [-0.15, -0.1) is 0 Å². The van der Waals surface area contributed by atoms with Crippen molar-refractivity contribution in [2.75, 3.05) is 0 Å². The number of aromatic nitrogens is 3. The molecule has 3 rings (SSSR count). The summed E-state index contributed by atoms with van der Waals surface area (Å²) in [4.78, 5) is 16.8. The van der Waals surface area contributed by atoms with E-state index >= 15 is 0 Å². The first-order chi connectivity index (χ1) is 9.15. The molecule has 1 fully saturated rings. The summed E-state index contributed by atoms with van der Waals surface area (Å²) in [6, 6.07) is 0. The number of hydrogen-bond acceptors (Lipinski definition) is 3. The van der Waals surface area contributed by atoms with Crippen LogP contribution in [0.15, 0.2) is 24.8 Å². The second-order valence-electron chi connectivity index (χ2n) is 5.94. The molecular weight excluding hydrogens is 238 g/mol. The maximum absolute atomic E-state index is 12.7. The van der Waals surface area contributed by atoms with Gasteiger partial charge in [0.1, 0.15) is 0 Å². The molecule has 2 unspecified atom stereocenters. The fourth-order valence-corrected chi connectivity index (χ4v) is 3.41. The van der Waals surface area contributed by atoms with Crippen LogP contribution in [0.25, 0.3) is 5.52 Å². The quantitative estimate of drug-likeness (QED) is 0.777. The molecule has 4 heteroatoms. The first kappa shape index (κ1) is 12.3. The van der Waals surface area contributed by atoms with Crippen LogP contribution < -0.4 is 0 Å². The van der Waals surface area contributed by atoms with Crippen molar-refractivity contribution < 1.29 is 4.79 Å². The highest BCUT2D eigenvalue weighted by Gasteiger charge is 2.30. The molecule has 100 valence electrons. The van der Waals surface area contributed by atoms with Gasteiger partial charge < -0.3 is 0 Å². The number of carbonyl (C=O) groups excluding carboxylic acids is 1. The zero-order valence-corrected chi connectivity index (χ0v) is 11.4. The van der Waals surface area contributed by atoms with E-state index in [4.69, 9.17) is 0 Å². The fourth-order valence-electron chi connectivity index (χ4n) is 3.41. The van der Waals surface area contributed by atoms with Gasteiger partial charge in [-0.25, -0.2) is 4.52 Å². The van der Waals surface area contributed by atoms with E-state index in [2.05, 4.69) is 23.9 Å². The Balaban J connectivity index is 1.91. The maximum atomic E-state index is 12.7. The molecule has 0 aliphatic heterocycles. The fraction of sp³-hybridized carbons (Fsp3) is 0.533. The minimum absolute atomic E-state index is 0.145. The Morgan fingerprint density at radius 2 is 1.95 bits per heavy atom. The number of ketones is 1. The smallest absolute Gasteiger partial charge is 0.169 e. The molecule has 0 spiro atoms. The number of fused-ring (bicyclic) bond motifs is 1. The zero-order valence-electron chi connectivity index (χ0n) is 11.4. The SMILES string of the molecule is CC1CC(C)CC(C(=O)c2cnn3ccncc23)C1. The molecule has 0 bridgehead atoms. The minimum atomic E-state index is 0.145.